The molecule has 0 saturated heterocycles. The Labute approximate surface area is 153 Å². The van der Waals surface area contributed by atoms with Crippen molar-refractivity contribution in [2.75, 3.05) is 13.6 Å². The average Bonchev–Trinajstić information content (AvgIpc) is 2.63. The first-order valence-corrected chi connectivity index (χ1v) is 8.71. The van der Waals surface area contributed by atoms with Gasteiger partial charge in [-0.2, -0.15) is 0 Å². The summed E-state index contributed by atoms with van der Waals surface area (Å²) in [4.78, 5) is 37.1. The van der Waals surface area contributed by atoms with Crippen molar-refractivity contribution in [3.05, 3.63) is 69.6 Å². The Hall–Kier alpha value is -2.89. The molecule has 0 aliphatic rings. The minimum Gasteiger partial charge on any atom is -0.355 e. The first kappa shape index (κ1) is 19.4. The van der Waals surface area contributed by atoms with E-state index in [0.29, 0.717) is 18.0 Å². The van der Waals surface area contributed by atoms with Crippen molar-refractivity contribution in [3.8, 4) is 0 Å². The Bertz CT molecular complexity index is 826. The van der Waals surface area contributed by atoms with Crippen LogP contribution in [-0.4, -0.2) is 30.0 Å². The minimum absolute atomic E-state index is 0.0417. The van der Waals surface area contributed by atoms with E-state index in [1.54, 1.807) is 0 Å². The van der Waals surface area contributed by atoms with E-state index in [9.17, 15) is 14.4 Å². The van der Waals surface area contributed by atoms with Crippen LogP contribution >= 0.6 is 0 Å². The molecule has 26 heavy (non-hydrogen) atoms. The third-order valence-corrected chi connectivity index (χ3v) is 4.02. The lowest BCUT2D eigenvalue weighted by atomic mass is 10.1. The number of hydrogen-bond donors (Lipinski definition) is 2. The molecule has 0 fully saturated rings. The maximum atomic E-state index is 12.6. The van der Waals surface area contributed by atoms with Crippen molar-refractivity contribution in [3.63, 3.8) is 0 Å². The van der Waals surface area contributed by atoms with Gasteiger partial charge in [-0.25, -0.2) is 0 Å². The van der Waals surface area contributed by atoms with E-state index in [-0.39, 0.29) is 18.0 Å². The highest BCUT2D eigenvalue weighted by atomic mass is 16.2. The molecule has 1 aromatic carbocycles. The molecule has 0 spiro atoms. The second-order valence-corrected chi connectivity index (χ2v) is 6.58. The standard InChI is InChI=1S/C20H25N3O3/c1-14(2)9-10-22-18(24)16-11-17(19(25)21-3)20(26)23(13-16)12-15-7-5-4-6-8-15/h4-8,11,13-14H,9-10,12H2,1-3H3,(H,21,25)(H,22,24). The summed E-state index contributed by atoms with van der Waals surface area (Å²) in [6.07, 6.45) is 2.37. The van der Waals surface area contributed by atoms with Gasteiger partial charge in [0.25, 0.3) is 17.4 Å². The molecule has 2 N–H and O–H groups in total. The minimum atomic E-state index is -0.506. The number of nitrogens with one attached hydrogen (secondary N) is 2. The number of nitrogens with zero attached hydrogens (tertiary/aromatic N) is 1. The number of pyridine rings is 1. The highest BCUT2D eigenvalue weighted by molar-refractivity contribution is 5.99. The topological polar surface area (TPSA) is 80.2 Å². The number of aromatic nitrogens is 1. The van der Waals surface area contributed by atoms with Gasteiger partial charge in [-0.15, -0.1) is 0 Å². The fourth-order valence-corrected chi connectivity index (χ4v) is 2.53. The lowest BCUT2D eigenvalue weighted by molar-refractivity contribution is 0.0951. The summed E-state index contributed by atoms with van der Waals surface area (Å²) < 4.78 is 1.40. The Morgan fingerprint density at radius 3 is 2.42 bits per heavy atom. The summed E-state index contributed by atoms with van der Waals surface area (Å²) >= 11 is 0. The van der Waals surface area contributed by atoms with Crippen molar-refractivity contribution in [2.24, 2.45) is 5.92 Å². The number of hydrogen-bond acceptors (Lipinski definition) is 3. The number of carbonyl (C=O) groups is 2. The molecular weight excluding hydrogens is 330 g/mol. The van der Waals surface area contributed by atoms with Crippen molar-refractivity contribution in [1.82, 2.24) is 15.2 Å². The highest BCUT2D eigenvalue weighted by Crippen LogP contribution is 2.06. The van der Waals surface area contributed by atoms with Crippen LogP contribution in [0.15, 0.2) is 47.4 Å². The SMILES string of the molecule is CNC(=O)c1cc(C(=O)NCCC(C)C)cn(Cc2ccccc2)c1=O. The summed E-state index contributed by atoms with van der Waals surface area (Å²) in [5.41, 5.74) is 0.740. The zero-order chi connectivity index (χ0) is 19.1. The van der Waals surface area contributed by atoms with Gasteiger partial charge in [-0.3, -0.25) is 14.4 Å². The molecule has 6 nitrogen and oxygen atoms in total. The van der Waals surface area contributed by atoms with E-state index in [2.05, 4.69) is 24.5 Å². The largest absolute Gasteiger partial charge is 0.355 e. The predicted molar refractivity (Wildman–Crippen MR) is 101 cm³/mol. The van der Waals surface area contributed by atoms with Crippen LogP contribution in [0, 0.1) is 5.92 Å². The van der Waals surface area contributed by atoms with Gasteiger partial charge in [-0.1, -0.05) is 44.2 Å². The van der Waals surface area contributed by atoms with Gasteiger partial charge in [0.1, 0.15) is 5.56 Å². The highest BCUT2D eigenvalue weighted by Gasteiger charge is 2.17. The van der Waals surface area contributed by atoms with Gasteiger partial charge in [0.2, 0.25) is 0 Å². The molecule has 0 atom stereocenters. The fourth-order valence-electron chi connectivity index (χ4n) is 2.53. The monoisotopic (exact) mass is 355 g/mol. The van der Waals surface area contributed by atoms with Crippen molar-refractivity contribution in [1.29, 1.82) is 0 Å². The molecule has 1 aromatic heterocycles. The van der Waals surface area contributed by atoms with Gasteiger partial charge in [0.05, 0.1) is 12.1 Å². The molecule has 138 valence electrons. The van der Waals surface area contributed by atoms with Crippen molar-refractivity contribution in [2.45, 2.75) is 26.8 Å². The van der Waals surface area contributed by atoms with Crippen LogP contribution in [-0.2, 0) is 6.54 Å². The van der Waals surface area contributed by atoms with Gasteiger partial charge in [0, 0.05) is 19.8 Å². The molecule has 0 unspecified atom stereocenters. The van der Waals surface area contributed by atoms with Gasteiger partial charge in [0.15, 0.2) is 0 Å². The zero-order valence-electron chi connectivity index (χ0n) is 15.4. The van der Waals surface area contributed by atoms with Crippen LogP contribution in [0.4, 0.5) is 0 Å². The average molecular weight is 355 g/mol. The normalized spacial score (nSPS) is 10.6. The van der Waals surface area contributed by atoms with Gasteiger partial charge >= 0.3 is 0 Å². The molecule has 0 aliphatic carbocycles. The van der Waals surface area contributed by atoms with Crippen LogP contribution in [0.3, 0.4) is 0 Å². The van der Waals surface area contributed by atoms with Crippen molar-refractivity contribution < 1.29 is 9.59 Å². The van der Waals surface area contributed by atoms with Crippen LogP contribution < -0.4 is 16.2 Å². The molecule has 0 radical (unpaired) electrons. The molecular formula is C20H25N3O3. The Morgan fingerprint density at radius 2 is 1.81 bits per heavy atom. The molecule has 6 heteroatoms. The summed E-state index contributed by atoms with van der Waals surface area (Å²) in [5, 5.41) is 5.29. The molecule has 2 rings (SSSR count). The number of amides is 2. The third kappa shape index (κ3) is 5.05. The Morgan fingerprint density at radius 1 is 1.12 bits per heavy atom. The second kappa shape index (κ2) is 8.99. The second-order valence-electron chi connectivity index (χ2n) is 6.58. The fraction of sp³-hybridized carbons (Fsp3) is 0.350. The third-order valence-electron chi connectivity index (χ3n) is 4.02. The molecule has 2 amide bonds. The van der Waals surface area contributed by atoms with E-state index in [1.807, 2.05) is 30.3 Å². The molecule has 2 aromatic rings. The van der Waals surface area contributed by atoms with Crippen molar-refractivity contribution >= 4 is 11.8 Å². The summed E-state index contributed by atoms with van der Waals surface area (Å²) in [6.45, 7) is 4.99. The zero-order valence-corrected chi connectivity index (χ0v) is 15.4. The smallest absolute Gasteiger partial charge is 0.263 e. The Balaban J connectivity index is 2.36. The van der Waals surface area contributed by atoms with Crippen LogP contribution in [0.5, 0.6) is 0 Å². The number of rotatable bonds is 7. The Kier molecular flexibility index (Phi) is 6.72. The van der Waals surface area contributed by atoms with E-state index in [4.69, 9.17) is 0 Å². The first-order valence-electron chi connectivity index (χ1n) is 8.71. The van der Waals surface area contributed by atoms with Crippen LogP contribution in [0.25, 0.3) is 0 Å². The van der Waals surface area contributed by atoms with E-state index < -0.39 is 11.5 Å². The van der Waals surface area contributed by atoms with Crippen LogP contribution in [0.1, 0.15) is 46.5 Å². The number of carbonyl (C=O) groups excluding carboxylic acids is 2. The lowest BCUT2D eigenvalue weighted by Crippen LogP contribution is -2.34. The molecule has 0 aliphatic heterocycles. The summed E-state index contributed by atoms with van der Waals surface area (Å²) in [7, 11) is 1.46. The van der Waals surface area contributed by atoms with E-state index >= 15 is 0 Å². The quantitative estimate of drug-likeness (QED) is 0.797. The van der Waals surface area contributed by atoms with Crippen LogP contribution in [0.2, 0.25) is 0 Å². The molecule has 0 saturated carbocycles. The molecule has 1 heterocycles. The lowest BCUT2D eigenvalue weighted by Gasteiger charge is -2.12. The van der Waals surface area contributed by atoms with E-state index in [1.165, 1.54) is 23.9 Å². The van der Waals surface area contributed by atoms with Gasteiger partial charge in [-0.05, 0) is 24.0 Å². The van der Waals surface area contributed by atoms with E-state index in [0.717, 1.165) is 12.0 Å². The first-order chi connectivity index (χ1) is 12.4. The summed E-state index contributed by atoms with van der Waals surface area (Å²) in [5.74, 6) is -0.324. The van der Waals surface area contributed by atoms with Gasteiger partial charge < -0.3 is 15.2 Å². The maximum absolute atomic E-state index is 12.6. The summed E-state index contributed by atoms with van der Waals surface area (Å²) in [6, 6.07) is 10.8. The number of benzene rings is 1. The molecule has 0 bridgehead atoms. The predicted octanol–water partition coefficient (Wildman–Crippen LogP) is 2.03. The maximum Gasteiger partial charge on any atom is 0.263 e.